The molecule has 0 saturated carbocycles. The Morgan fingerprint density at radius 2 is 2.06 bits per heavy atom. The van der Waals surface area contributed by atoms with E-state index in [9.17, 15) is 0 Å². The third kappa shape index (κ3) is 2.65. The number of piperidine rings is 1. The van der Waals surface area contributed by atoms with E-state index in [-0.39, 0.29) is 0 Å². The van der Waals surface area contributed by atoms with Gasteiger partial charge in [0, 0.05) is 37.2 Å². The summed E-state index contributed by atoms with van der Waals surface area (Å²) in [6.45, 7) is 5.78. The summed E-state index contributed by atoms with van der Waals surface area (Å²) in [6.07, 6.45) is 5.45. The summed E-state index contributed by atoms with van der Waals surface area (Å²) < 4.78 is 3.90. The van der Waals surface area contributed by atoms with Crippen molar-refractivity contribution in [3.63, 3.8) is 0 Å². The van der Waals surface area contributed by atoms with Gasteiger partial charge in [-0.05, 0) is 32.4 Å². The molecule has 0 bridgehead atoms. The van der Waals surface area contributed by atoms with Crippen molar-refractivity contribution in [2.24, 2.45) is 0 Å². The lowest BCUT2D eigenvalue weighted by Gasteiger charge is -2.32. The van der Waals surface area contributed by atoms with Gasteiger partial charge in [-0.1, -0.05) is 10.9 Å². The average molecular weight is 267 g/mol. The summed E-state index contributed by atoms with van der Waals surface area (Å²) in [5.41, 5.74) is 6.81. The molecular weight excluding hydrogens is 246 g/mol. The SMILES string of the molecule is Nc1snnc1CN1CCC(N2CCCCC2)C1. The van der Waals surface area contributed by atoms with E-state index in [1.54, 1.807) is 0 Å². The number of hydrogen-bond acceptors (Lipinski definition) is 6. The zero-order valence-corrected chi connectivity index (χ0v) is 11.5. The van der Waals surface area contributed by atoms with Crippen LogP contribution in [0, 0.1) is 0 Å². The zero-order chi connectivity index (χ0) is 12.4. The lowest BCUT2D eigenvalue weighted by atomic mass is 10.1. The highest BCUT2D eigenvalue weighted by Crippen LogP contribution is 2.23. The molecule has 1 aromatic heterocycles. The van der Waals surface area contributed by atoms with Gasteiger partial charge in [-0.15, -0.1) is 5.10 Å². The Kier molecular flexibility index (Phi) is 3.77. The van der Waals surface area contributed by atoms with E-state index in [0.717, 1.165) is 36.4 Å². The maximum absolute atomic E-state index is 5.85. The molecule has 100 valence electrons. The standard InChI is InChI=1S/C12H21N5S/c13-12-11(14-15-18-12)9-16-7-4-10(8-16)17-5-2-1-3-6-17/h10H,1-9,13H2. The second-order valence-electron chi connectivity index (χ2n) is 5.36. The first-order chi connectivity index (χ1) is 8.83. The van der Waals surface area contributed by atoms with Gasteiger partial charge in [0.25, 0.3) is 0 Å². The predicted molar refractivity (Wildman–Crippen MR) is 73.4 cm³/mol. The van der Waals surface area contributed by atoms with Crippen LogP contribution in [0.15, 0.2) is 0 Å². The first kappa shape index (κ1) is 12.3. The van der Waals surface area contributed by atoms with Gasteiger partial charge in [0.2, 0.25) is 0 Å². The topological polar surface area (TPSA) is 58.3 Å². The molecular formula is C12H21N5S. The Labute approximate surface area is 112 Å². The number of anilines is 1. The summed E-state index contributed by atoms with van der Waals surface area (Å²) in [5, 5.41) is 4.88. The van der Waals surface area contributed by atoms with Gasteiger partial charge in [0.1, 0.15) is 10.7 Å². The lowest BCUT2D eigenvalue weighted by molar-refractivity contribution is 0.161. The van der Waals surface area contributed by atoms with Crippen molar-refractivity contribution in [2.45, 2.75) is 38.3 Å². The van der Waals surface area contributed by atoms with E-state index in [0.29, 0.717) is 0 Å². The molecule has 0 aliphatic carbocycles. The van der Waals surface area contributed by atoms with E-state index >= 15 is 0 Å². The molecule has 0 radical (unpaired) electrons. The first-order valence-corrected chi connectivity index (χ1v) is 7.63. The van der Waals surface area contributed by atoms with Crippen molar-refractivity contribution in [2.75, 3.05) is 31.9 Å². The molecule has 2 fully saturated rings. The highest BCUT2D eigenvalue weighted by molar-refractivity contribution is 7.09. The Balaban J connectivity index is 1.53. The summed E-state index contributed by atoms with van der Waals surface area (Å²) in [5.74, 6) is 0. The van der Waals surface area contributed by atoms with Crippen LogP contribution in [0.2, 0.25) is 0 Å². The molecule has 0 aromatic carbocycles. The van der Waals surface area contributed by atoms with Crippen LogP contribution in [0.3, 0.4) is 0 Å². The van der Waals surface area contributed by atoms with E-state index in [4.69, 9.17) is 5.73 Å². The molecule has 2 aliphatic rings. The number of nitrogen functional groups attached to an aromatic ring is 1. The lowest BCUT2D eigenvalue weighted by Crippen LogP contribution is -2.40. The van der Waals surface area contributed by atoms with Gasteiger partial charge in [0.05, 0.1) is 0 Å². The molecule has 1 unspecified atom stereocenters. The number of nitrogens with two attached hydrogens (primary N) is 1. The van der Waals surface area contributed by atoms with Gasteiger partial charge in [0.15, 0.2) is 0 Å². The van der Waals surface area contributed by atoms with Crippen molar-refractivity contribution < 1.29 is 0 Å². The molecule has 2 aliphatic heterocycles. The van der Waals surface area contributed by atoms with Crippen LogP contribution in [0.5, 0.6) is 0 Å². The van der Waals surface area contributed by atoms with Crippen LogP contribution >= 0.6 is 11.5 Å². The Bertz CT molecular complexity index is 388. The Morgan fingerprint density at radius 1 is 1.22 bits per heavy atom. The minimum absolute atomic E-state index is 0.748. The molecule has 3 rings (SSSR count). The Hall–Kier alpha value is -0.720. The fourth-order valence-electron chi connectivity index (χ4n) is 3.07. The van der Waals surface area contributed by atoms with Gasteiger partial charge >= 0.3 is 0 Å². The predicted octanol–water partition coefficient (Wildman–Crippen LogP) is 1.18. The van der Waals surface area contributed by atoms with E-state index in [1.165, 1.54) is 50.3 Å². The van der Waals surface area contributed by atoms with E-state index in [2.05, 4.69) is 19.4 Å². The molecule has 5 nitrogen and oxygen atoms in total. The van der Waals surface area contributed by atoms with Crippen LogP contribution in [0.25, 0.3) is 0 Å². The molecule has 6 heteroatoms. The monoisotopic (exact) mass is 267 g/mol. The first-order valence-electron chi connectivity index (χ1n) is 6.86. The molecule has 0 amide bonds. The summed E-state index contributed by atoms with van der Waals surface area (Å²) in [6, 6.07) is 0.748. The van der Waals surface area contributed by atoms with Crippen molar-refractivity contribution in [1.82, 2.24) is 19.4 Å². The van der Waals surface area contributed by atoms with Crippen LogP contribution in [0.1, 0.15) is 31.4 Å². The second-order valence-corrected chi connectivity index (χ2v) is 6.14. The van der Waals surface area contributed by atoms with Gasteiger partial charge < -0.3 is 5.73 Å². The third-order valence-corrected chi connectivity index (χ3v) is 4.71. The maximum atomic E-state index is 5.85. The molecule has 2 N–H and O–H groups in total. The molecule has 3 heterocycles. The summed E-state index contributed by atoms with van der Waals surface area (Å²) in [4.78, 5) is 5.14. The van der Waals surface area contributed by atoms with Crippen LogP contribution in [0.4, 0.5) is 5.00 Å². The van der Waals surface area contributed by atoms with Gasteiger partial charge in [-0.3, -0.25) is 9.80 Å². The highest BCUT2D eigenvalue weighted by Gasteiger charge is 2.28. The second kappa shape index (κ2) is 5.50. The average Bonchev–Trinajstić information content (AvgIpc) is 3.02. The van der Waals surface area contributed by atoms with Crippen molar-refractivity contribution >= 4 is 16.5 Å². The summed E-state index contributed by atoms with van der Waals surface area (Å²) >= 11 is 1.30. The minimum atomic E-state index is 0.748. The molecule has 1 aromatic rings. The van der Waals surface area contributed by atoms with Crippen molar-refractivity contribution in [3.8, 4) is 0 Å². The molecule has 1 atom stereocenters. The van der Waals surface area contributed by atoms with Gasteiger partial charge in [-0.25, -0.2) is 0 Å². The fourth-order valence-corrected chi connectivity index (χ4v) is 3.51. The third-order valence-electron chi connectivity index (χ3n) is 4.11. The van der Waals surface area contributed by atoms with Crippen LogP contribution in [-0.2, 0) is 6.54 Å². The minimum Gasteiger partial charge on any atom is -0.388 e. The normalized spacial score (nSPS) is 26.8. The van der Waals surface area contributed by atoms with E-state index in [1.807, 2.05) is 0 Å². The molecule has 0 spiro atoms. The van der Waals surface area contributed by atoms with Gasteiger partial charge in [-0.2, -0.15) is 0 Å². The smallest absolute Gasteiger partial charge is 0.132 e. The van der Waals surface area contributed by atoms with Crippen LogP contribution in [-0.4, -0.2) is 51.6 Å². The van der Waals surface area contributed by atoms with Crippen molar-refractivity contribution in [3.05, 3.63) is 5.69 Å². The number of hydrogen-bond donors (Lipinski definition) is 1. The Morgan fingerprint density at radius 3 is 2.78 bits per heavy atom. The maximum Gasteiger partial charge on any atom is 0.132 e. The van der Waals surface area contributed by atoms with Crippen molar-refractivity contribution in [1.29, 1.82) is 0 Å². The summed E-state index contributed by atoms with van der Waals surface area (Å²) in [7, 11) is 0. The largest absolute Gasteiger partial charge is 0.388 e. The molecule has 18 heavy (non-hydrogen) atoms. The quantitative estimate of drug-likeness (QED) is 0.891. The fraction of sp³-hybridized carbons (Fsp3) is 0.833. The molecule has 2 saturated heterocycles. The zero-order valence-electron chi connectivity index (χ0n) is 10.7. The van der Waals surface area contributed by atoms with Crippen LogP contribution < -0.4 is 5.73 Å². The number of aromatic nitrogens is 2. The number of likely N-dealkylation sites (tertiary alicyclic amines) is 2. The highest BCUT2D eigenvalue weighted by atomic mass is 32.1. The number of nitrogens with zero attached hydrogens (tertiary/aromatic N) is 4. The van der Waals surface area contributed by atoms with E-state index < -0.39 is 0 Å². The number of rotatable bonds is 3.